The SMILES string of the molecule is Clc1ccc(OCCCc2nc3ccccc3[nH]2)cc1. The van der Waals surface area contributed by atoms with Gasteiger partial charge in [-0.2, -0.15) is 0 Å². The van der Waals surface area contributed by atoms with Gasteiger partial charge in [0.1, 0.15) is 11.6 Å². The number of para-hydroxylation sites is 2. The van der Waals surface area contributed by atoms with Crippen molar-refractivity contribution in [2.45, 2.75) is 12.8 Å². The number of aryl methyl sites for hydroxylation is 1. The molecule has 0 bridgehead atoms. The first-order chi connectivity index (χ1) is 9.81. The van der Waals surface area contributed by atoms with Gasteiger partial charge < -0.3 is 9.72 Å². The molecule has 1 heterocycles. The van der Waals surface area contributed by atoms with Gasteiger partial charge >= 0.3 is 0 Å². The molecule has 0 fully saturated rings. The summed E-state index contributed by atoms with van der Waals surface area (Å²) in [6.45, 7) is 0.665. The van der Waals surface area contributed by atoms with E-state index in [0.717, 1.165) is 40.5 Å². The Labute approximate surface area is 122 Å². The summed E-state index contributed by atoms with van der Waals surface area (Å²) in [5, 5.41) is 0.722. The van der Waals surface area contributed by atoms with Gasteiger partial charge in [0.15, 0.2) is 0 Å². The summed E-state index contributed by atoms with van der Waals surface area (Å²) in [4.78, 5) is 7.86. The van der Waals surface area contributed by atoms with E-state index in [1.807, 2.05) is 48.5 Å². The summed E-state index contributed by atoms with van der Waals surface area (Å²) in [6, 6.07) is 15.5. The van der Waals surface area contributed by atoms with Crippen LogP contribution in [0.3, 0.4) is 0 Å². The molecule has 1 N–H and O–H groups in total. The van der Waals surface area contributed by atoms with Gasteiger partial charge in [-0.15, -0.1) is 0 Å². The number of nitrogens with zero attached hydrogens (tertiary/aromatic N) is 1. The van der Waals surface area contributed by atoms with Crippen molar-refractivity contribution in [3.05, 3.63) is 59.4 Å². The van der Waals surface area contributed by atoms with Crippen molar-refractivity contribution >= 4 is 22.6 Å². The fourth-order valence-corrected chi connectivity index (χ4v) is 2.21. The number of fused-ring (bicyclic) bond motifs is 1. The number of rotatable bonds is 5. The van der Waals surface area contributed by atoms with Crippen molar-refractivity contribution < 1.29 is 4.74 Å². The molecule has 20 heavy (non-hydrogen) atoms. The third kappa shape index (κ3) is 3.11. The summed E-state index contributed by atoms with van der Waals surface area (Å²) in [6.07, 6.45) is 1.80. The van der Waals surface area contributed by atoms with E-state index in [2.05, 4.69) is 9.97 Å². The maximum Gasteiger partial charge on any atom is 0.119 e. The van der Waals surface area contributed by atoms with Gasteiger partial charge in [-0.1, -0.05) is 23.7 Å². The molecule has 0 atom stereocenters. The van der Waals surface area contributed by atoms with E-state index in [1.54, 1.807) is 0 Å². The standard InChI is InChI=1S/C16H15ClN2O/c17-12-7-9-13(10-8-12)20-11-3-6-16-18-14-4-1-2-5-15(14)19-16/h1-2,4-5,7-10H,3,6,11H2,(H,18,19). The van der Waals surface area contributed by atoms with Crippen molar-refractivity contribution in [1.82, 2.24) is 9.97 Å². The molecule has 3 nitrogen and oxygen atoms in total. The molecule has 2 aromatic carbocycles. The Bertz CT molecular complexity index is 658. The molecule has 0 saturated heterocycles. The van der Waals surface area contributed by atoms with Crippen LogP contribution in [0.2, 0.25) is 5.02 Å². The first kappa shape index (κ1) is 13.0. The quantitative estimate of drug-likeness (QED) is 0.713. The van der Waals surface area contributed by atoms with E-state index in [9.17, 15) is 0 Å². The van der Waals surface area contributed by atoms with Crippen LogP contribution in [0, 0.1) is 0 Å². The summed E-state index contributed by atoms with van der Waals surface area (Å²) in [7, 11) is 0. The first-order valence-corrected chi connectivity index (χ1v) is 7.01. The van der Waals surface area contributed by atoms with Crippen molar-refractivity contribution in [2.24, 2.45) is 0 Å². The molecule has 3 aromatic rings. The lowest BCUT2D eigenvalue weighted by atomic mass is 10.3. The van der Waals surface area contributed by atoms with Crippen LogP contribution in [0.25, 0.3) is 11.0 Å². The molecule has 0 aliphatic rings. The Hall–Kier alpha value is -2.00. The van der Waals surface area contributed by atoms with Crippen LogP contribution in [-0.4, -0.2) is 16.6 Å². The van der Waals surface area contributed by atoms with Crippen molar-refractivity contribution in [3.8, 4) is 5.75 Å². The minimum atomic E-state index is 0.665. The number of halogens is 1. The molecule has 0 radical (unpaired) electrons. The highest BCUT2D eigenvalue weighted by Gasteiger charge is 2.02. The number of nitrogens with one attached hydrogen (secondary N) is 1. The highest BCUT2D eigenvalue weighted by molar-refractivity contribution is 6.30. The normalized spacial score (nSPS) is 10.8. The number of hydrogen-bond acceptors (Lipinski definition) is 2. The molecule has 0 amide bonds. The Kier molecular flexibility index (Phi) is 3.88. The molecule has 3 rings (SSSR count). The monoisotopic (exact) mass is 286 g/mol. The van der Waals surface area contributed by atoms with E-state index in [0.29, 0.717) is 6.61 Å². The highest BCUT2D eigenvalue weighted by Crippen LogP contribution is 2.16. The van der Waals surface area contributed by atoms with Gasteiger partial charge in [0.2, 0.25) is 0 Å². The van der Waals surface area contributed by atoms with E-state index < -0.39 is 0 Å². The Morgan fingerprint density at radius 1 is 1.05 bits per heavy atom. The molecule has 0 aliphatic heterocycles. The Morgan fingerprint density at radius 2 is 1.85 bits per heavy atom. The van der Waals surface area contributed by atoms with E-state index in [-0.39, 0.29) is 0 Å². The molecular weight excluding hydrogens is 272 g/mol. The maximum absolute atomic E-state index is 5.82. The summed E-state index contributed by atoms with van der Waals surface area (Å²) < 4.78 is 5.66. The molecule has 102 valence electrons. The number of aromatic amines is 1. The van der Waals surface area contributed by atoms with E-state index >= 15 is 0 Å². The van der Waals surface area contributed by atoms with Gasteiger partial charge in [0, 0.05) is 11.4 Å². The van der Waals surface area contributed by atoms with Crippen LogP contribution in [-0.2, 0) is 6.42 Å². The topological polar surface area (TPSA) is 37.9 Å². The minimum Gasteiger partial charge on any atom is -0.494 e. The van der Waals surface area contributed by atoms with Crippen molar-refractivity contribution in [2.75, 3.05) is 6.61 Å². The average Bonchev–Trinajstić information content (AvgIpc) is 2.88. The summed E-state index contributed by atoms with van der Waals surface area (Å²) in [5.41, 5.74) is 2.10. The molecule has 1 aromatic heterocycles. The number of imidazole rings is 1. The number of hydrogen-bond donors (Lipinski definition) is 1. The van der Waals surface area contributed by atoms with Crippen LogP contribution >= 0.6 is 11.6 Å². The van der Waals surface area contributed by atoms with Gasteiger partial charge in [0.05, 0.1) is 17.6 Å². The summed E-state index contributed by atoms with van der Waals surface area (Å²) in [5.74, 6) is 1.85. The predicted octanol–water partition coefficient (Wildman–Crippen LogP) is 4.23. The second kappa shape index (κ2) is 5.97. The third-order valence-electron chi connectivity index (χ3n) is 3.08. The Balaban J connectivity index is 1.51. The lowest BCUT2D eigenvalue weighted by Gasteiger charge is -2.05. The third-order valence-corrected chi connectivity index (χ3v) is 3.33. The van der Waals surface area contributed by atoms with Crippen LogP contribution in [0.5, 0.6) is 5.75 Å². The molecular formula is C16H15ClN2O. The molecule has 0 saturated carbocycles. The summed E-state index contributed by atoms with van der Waals surface area (Å²) >= 11 is 5.82. The minimum absolute atomic E-state index is 0.665. The second-order valence-electron chi connectivity index (χ2n) is 4.61. The number of aromatic nitrogens is 2. The number of benzene rings is 2. The fourth-order valence-electron chi connectivity index (χ4n) is 2.08. The van der Waals surface area contributed by atoms with Crippen LogP contribution in [0.4, 0.5) is 0 Å². The largest absolute Gasteiger partial charge is 0.494 e. The van der Waals surface area contributed by atoms with Crippen LogP contribution in [0.1, 0.15) is 12.2 Å². The van der Waals surface area contributed by atoms with Crippen molar-refractivity contribution in [3.63, 3.8) is 0 Å². The Morgan fingerprint density at radius 3 is 2.65 bits per heavy atom. The zero-order chi connectivity index (χ0) is 13.8. The maximum atomic E-state index is 5.82. The smallest absolute Gasteiger partial charge is 0.119 e. The molecule has 0 unspecified atom stereocenters. The molecule has 0 spiro atoms. The van der Waals surface area contributed by atoms with E-state index in [1.165, 1.54) is 0 Å². The van der Waals surface area contributed by atoms with Crippen LogP contribution in [0.15, 0.2) is 48.5 Å². The zero-order valence-corrected chi connectivity index (χ0v) is 11.7. The van der Waals surface area contributed by atoms with Crippen LogP contribution < -0.4 is 4.74 Å². The van der Waals surface area contributed by atoms with Crippen molar-refractivity contribution in [1.29, 1.82) is 0 Å². The second-order valence-corrected chi connectivity index (χ2v) is 5.04. The fraction of sp³-hybridized carbons (Fsp3) is 0.188. The molecule has 0 aliphatic carbocycles. The van der Waals surface area contributed by atoms with Gasteiger partial charge in [-0.3, -0.25) is 0 Å². The van der Waals surface area contributed by atoms with Gasteiger partial charge in [0.25, 0.3) is 0 Å². The lowest BCUT2D eigenvalue weighted by Crippen LogP contribution is -2.00. The number of H-pyrrole nitrogens is 1. The predicted molar refractivity (Wildman–Crippen MR) is 81.4 cm³/mol. The highest BCUT2D eigenvalue weighted by atomic mass is 35.5. The zero-order valence-electron chi connectivity index (χ0n) is 11.0. The van der Waals surface area contributed by atoms with Gasteiger partial charge in [-0.25, -0.2) is 4.98 Å². The average molecular weight is 287 g/mol. The van der Waals surface area contributed by atoms with Gasteiger partial charge in [-0.05, 0) is 42.8 Å². The molecule has 4 heteroatoms. The first-order valence-electron chi connectivity index (χ1n) is 6.63. The number of ether oxygens (including phenoxy) is 1. The lowest BCUT2D eigenvalue weighted by molar-refractivity contribution is 0.310. The van der Waals surface area contributed by atoms with E-state index in [4.69, 9.17) is 16.3 Å².